The Morgan fingerprint density at radius 1 is 1.00 bits per heavy atom. The molecule has 0 aliphatic rings. The van der Waals surface area contributed by atoms with E-state index in [9.17, 15) is 4.79 Å². The summed E-state index contributed by atoms with van der Waals surface area (Å²) >= 11 is 0. The van der Waals surface area contributed by atoms with Gasteiger partial charge in [0.25, 0.3) is 0 Å². The summed E-state index contributed by atoms with van der Waals surface area (Å²) in [5.41, 5.74) is 1.27. The third-order valence-corrected chi connectivity index (χ3v) is 3.60. The van der Waals surface area contributed by atoms with Crippen LogP contribution in [0.4, 0.5) is 0 Å². The summed E-state index contributed by atoms with van der Waals surface area (Å²) in [5, 5.41) is 0. The van der Waals surface area contributed by atoms with Crippen LogP contribution in [-0.4, -0.2) is 19.7 Å². The van der Waals surface area contributed by atoms with E-state index in [1.54, 1.807) is 31.4 Å². The monoisotopic (exact) mass is 352 g/mol. The first-order valence-corrected chi connectivity index (χ1v) is 8.63. The van der Waals surface area contributed by atoms with Crippen molar-refractivity contribution in [2.24, 2.45) is 0 Å². The van der Waals surface area contributed by atoms with Gasteiger partial charge < -0.3 is 14.2 Å². The van der Waals surface area contributed by atoms with Crippen LogP contribution in [0.5, 0.6) is 5.75 Å². The molecule has 0 saturated heterocycles. The maximum absolute atomic E-state index is 12.3. The van der Waals surface area contributed by atoms with E-state index in [-0.39, 0.29) is 0 Å². The molecule has 0 amide bonds. The fourth-order valence-corrected chi connectivity index (χ4v) is 2.27. The minimum Gasteiger partial charge on any atom is -0.493 e. The maximum atomic E-state index is 12.3. The SMILES string of the molecule is CC/C=C\CCOC(=O)c1ccccc1O/C=C(\OC)c1ccccc1. The molecular weight excluding hydrogens is 328 g/mol. The molecule has 4 nitrogen and oxygen atoms in total. The van der Waals surface area contributed by atoms with E-state index in [0.717, 1.165) is 12.0 Å². The Bertz CT molecular complexity index is 748. The van der Waals surface area contributed by atoms with Crippen LogP contribution in [0.2, 0.25) is 0 Å². The number of carbonyl (C=O) groups excluding carboxylic acids is 1. The van der Waals surface area contributed by atoms with Crippen molar-refractivity contribution in [1.29, 1.82) is 0 Å². The maximum Gasteiger partial charge on any atom is 0.341 e. The molecule has 136 valence electrons. The molecule has 0 saturated carbocycles. The lowest BCUT2D eigenvalue weighted by Crippen LogP contribution is -2.07. The normalized spacial score (nSPS) is 11.4. The number of ether oxygens (including phenoxy) is 3. The Morgan fingerprint density at radius 3 is 2.46 bits per heavy atom. The third-order valence-electron chi connectivity index (χ3n) is 3.60. The third kappa shape index (κ3) is 5.81. The van der Waals surface area contributed by atoms with Crippen molar-refractivity contribution >= 4 is 11.7 Å². The van der Waals surface area contributed by atoms with Crippen molar-refractivity contribution in [2.75, 3.05) is 13.7 Å². The fourth-order valence-electron chi connectivity index (χ4n) is 2.27. The standard InChI is InChI=1S/C22H24O4/c1-3-4-5-11-16-25-22(23)19-14-9-10-15-20(19)26-17-21(24-2)18-12-7-6-8-13-18/h4-10,12-15,17H,3,11,16H2,1-2H3/b5-4-,21-17-. The van der Waals surface area contributed by atoms with Crippen LogP contribution in [0, 0.1) is 0 Å². The van der Waals surface area contributed by atoms with Gasteiger partial charge in [0.1, 0.15) is 17.6 Å². The van der Waals surface area contributed by atoms with E-state index in [1.807, 2.05) is 42.5 Å². The smallest absolute Gasteiger partial charge is 0.341 e. The largest absolute Gasteiger partial charge is 0.493 e. The van der Waals surface area contributed by atoms with Gasteiger partial charge >= 0.3 is 5.97 Å². The van der Waals surface area contributed by atoms with Gasteiger partial charge in [-0.25, -0.2) is 4.79 Å². The lowest BCUT2D eigenvalue weighted by atomic mass is 10.2. The van der Waals surface area contributed by atoms with Crippen LogP contribution >= 0.6 is 0 Å². The zero-order valence-electron chi connectivity index (χ0n) is 15.2. The molecule has 26 heavy (non-hydrogen) atoms. The number of esters is 1. The van der Waals surface area contributed by atoms with Crippen LogP contribution in [0.3, 0.4) is 0 Å². The van der Waals surface area contributed by atoms with Crippen LogP contribution in [0.25, 0.3) is 5.76 Å². The van der Waals surface area contributed by atoms with Gasteiger partial charge in [-0.1, -0.05) is 61.5 Å². The Morgan fingerprint density at radius 2 is 1.73 bits per heavy atom. The van der Waals surface area contributed by atoms with Gasteiger partial charge in [0.05, 0.1) is 13.7 Å². The molecule has 2 aromatic carbocycles. The second-order valence-corrected chi connectivity index (χ2v) is 5.47. The number of benzene rings is 2. The lowest BCUT2D eigenvalue weighted by molar-refractivity contribution is 0.0508. The molecule has 0 aromatic heterocycles. The highest BCUT2D eigenvalue weighted by Gasteiger charge is 2.13. The van der Waals surface area contributed by atoms with Crippen LogP contribution in [0.15, 0.2) is 73.0 Å². The summed E-state index contributed by atoms with van der Waals surface area (Å²) in [6.07, 6.45) is 7.21. The number of hydrogen-bond donors (Lipinski definition) is 0. The van der Waals surface area contributed by atoms with Crippen molar-refractivity contribution in [3.63, 3.8) is 0 Å². The molecular formula is C22H24O4. The molecule has 4 heteroatoms. The van der Waals surface area contributed by atoms with Crippen LogP contribution < -0.4 is 4.74 Å². The predicted molar refractivity (Wildman–Crippen MR) is 103 cm³/mol. The van der Waals surface area contributed by atoms with E-state index < -0.39 is 5.97 Å². The summed E-state index contributed by atoms with van der Waals surface area (Å²) in [7, 11) is 1.58. The van der Waals surface area contributed by atoms with E-state index in [2.05, 4.69) is 6.92 Å². The quantitative estimate of drug-likeness (QED) is 0.268. The van der Waals surface area contributed by atoms with Crippen molar-refractivity contribution < 1.29 is 19.0 Å². The molecule has 0 radical (unpaired) electrons. The molecule has 0 unspecified atom stereocenters. The van der Waals surface area contributed by atoms with Gasteiger partial charge in [-0.15, -0.1) is 0 Å². The topological polar surface area (TPSA) is 44.8 Å². The van der Waals surface area contributed by atoms with Crippen LogP contribution in [-0.2, 0) is 9.47 Å². The van der Waals surface area contributed by atoms with Gasteiger partial charge in [0, 0.05) is 5.56 Å². The molecule has 0 aliphatic heterocycles. The molecule has 0 fully saturated rings. The molecule has 2 rings (SSSR count). The molecule has 0 heterocycles. The first kappa shape index (κ1) is 19.3. The molecule has 0 aliphatic carbocycles. The highest BCUT2D eigenvalue weighted by Crippen LogP contribution is 2.22. The Hall–Kier alpha value is -3.01. The van der Waals surface area contributed by atoms with Crippen molar-refractivity contribution in [3.8, 4) is 5.75 Å². The van der Waals surface area contributed by atoms with Gasteiger partial charge in [0.15, 0.2) is 5.76 Å². The predicted octanol–water partition coefficient (Wildman–Crippen LogP) is 5.22. The van der Waals surface area contributed by atoms with E-state index in [1.165, 1.54) is 6.26 Å². The summed E-state index contributed by atoms with van der Waals surface area (Å²) in [5.74, 6) is 0.586. The minimum absolute atomic E-state index is 0.340. The number of para-hydroxylation sites is 1. The summed E-state index contributed by atoms with van der Waals surface area (Å²) in [6.45, 7) is 2.40. The van der Waals surface area contributed by atoms with Crippen LogP contribution in [0.1, 0.15) is 35.7 Å². The average molecular weight is 352 g/mol. The van der Waals surface area contributed by atoms with Crippen molar-refractivity contribution in [2.45, 2.75) is 19.8 Å². The summed E-state index contributed by atoms with van der Waals surface area (Å²) in [6, 6.07) is 16.6. The molecule has 0 spiro atoms. The number of hydrogen-bond acceptors (Lipinski definition) is 4. The second kappa shape index (κ2) is 10.8. The zero-order chi connectivity index (χ0) is 18.6. The Labute approximate surface area is 154 Å². The molecule has 0 bridgehead atoms. The first-order chi connectivity index (χ1) is 12.8. The first-order valence-electron chi connectivity index (χ1n) is 8.63. The van der Waals surface area contributed by atoms with Crippen molar-refractivity contribution in [1.82, 2.24) is 0 Å². The Kier molecular flexibility index (Phi) is 8.00. The number of methoxy groups -OCH3 is 1. The number of allylic oxidation sites excluding steroid dienone is 1. The van der Waals surface area contributed by atoms with E-state index >= 15 is 0 Å². The fraction of sp³-hybridized carbons (Fsp3) is 0.227. The second-order valence-electron chi connectivity index (χ2n) is 5.47. The zero-order valence-corrected chi connectivity index (χ0v) is 15.2. The molecule has 0 N–H and O–H groups in total. The highest BCUT2D eigenvalue weighted by atomic mass is 16.5. The van der Waals surface area contributed by atoms with E-state index in [4.69, 9.17) is 14.2 Å². The lowest BCUT2D eigenvalue weighted by Gasteiger charge is -2.10. The van der Waals surface area contributed by atoms with E-state index in [0.29, 0.717) is 30.1 Å². The molecule has 2 aromatic rings. The summed E-state index contributed by atoms with van der Waals surface area (Å²) in [4.78, 5) is 12.3. The summed E-state index contributed by atoms with van der Waals surface area (Å²) < 4.78 is 16.4. The van der Waals surface area contributed by atoms with Gasteiger partial charge in [-0.05, 0) is 25.0 Å². The number of rotatable bonds is 9. The van der Waals surface area contributed by atoms with Gasteiger partial charge in [0.2, 0.25) is 0 Å². The average Bonchev–Trinajstić information content (AvgIpc) is 2.69. The Balaban J connectivity index is 2.07. The number of carbonyl (C=O) groups is 1. The van der Waals surface area contributed by atoms with Gasteiger partial charge in [-0.2, -0.15) is 0 Å². The minimum atomic E-state index is -0.405. The van der Waals surface area contributed by atoms with Gasteiger partial charge in [-0.3, -0.25) is 0 Å². The van der Waals surface area contributed by atoms with Crippen molar-refractivity contribution in [3.05, 3.63) is 84.1 Å². The molecule has 0 atom stereocenters. The highest BCUT2D eigenvalue weighted by molar-refractivity contribution is 5.92.